The van der Waals surface area contributed by atoms with Crippen LogP contribution in [0.5, 0.6) is 5.88 Å². The molecular formula is C10H13N3O2. The second kappa shape index (κ2) is 3.20. The van der Waals surface area contributed by atoms with Gasteiger partial charge in [0.1, 0.15) is 5.60 Å². The fraction of sp³-hybridized carbons (Fsp3) is 0.400. The van der Waals surface area contributed by atoms with Crippen LogP contribution < -0.4 is 4.74 Å². The zero-order valence-electron chi connectivity index (χ0n) is 8.93. The number of aliphatic hydroxyl groups is 1. The quantitative estimate of drug-likeness (QED) is 0.797. The molecule has 0 aliphatic carbocycles. The normalized spacial score (nSPS) is 12.0. The highest BCUT2D eigenvalue weighted by Crippen LogP contribution is 2.24. The number of hydrogen-bond acceptors (Lipinski definition) is 4. The van der Waals surface area contributed by atoms with E-state index in [1.807, 2.05) is 0 Å². The van der Waals surface area contributed by atoms with Gasteiger partial charge in [0.15, 0.2) is 5.65 Å². The molecule has 2 aromatic heterocycles. The van der Waals surface area contributed by atoms with Crippen LogP contribution in [0.15, 0.2) is 18.6 Å². The molecule has 5 heteroatoms. The van der Waals surface area contributed by atoms with Crippen LogP contribution >= 0.6 is 0 Å². The van der Waals surface area contributed by atoms with Crippen molar-refractivity contribution >= 4 is 5.65 Å². The monoisotopic (exact) mass is 207 g/mol. The third-order valence-electron chi connectivity index (χ3n) is 2.22. The van der Waals surface area contributed by atoms with E-state index >= 15 is 0 Å². The van der Waals surface area contributed by atoms with Gasteiger partial charge < -0.3 is 9.84 Å². The largest absolute Gasteiger partial charge is 0.481 e. The first-order valence-electron chi connectivity index (χ1n) is 4.62. The fourth-order valence-electron chi connectivity index (χ4n) is 1.49. The predicted molar refractivity (Wildman–Crippen MR) is 54.8 cm³/mol. The second-order valence-electron chi connectivity index (χ2n) is 3.85. The van der Waals surface area contributed by atoms with Gasteiger partial charge in [0.2, 0.25) is 5.88 Å². The van der Waals surface area contributed by atoms with E-state index in [1.54, 1.807) is 43.9 Å². The first kappa shape index (κ1) is 9.92. The molecule has 0 fully saturated rings. The number of hydrogen-bond donors (Lipinski definition) is 1. The number of ether oxygens (including phenoxy) is 1. The van der Waals surface area contributed by atoms with Crippen LogP contribution in [0.4, 0.5) is 0 Å². The molecule has 0 unspecified atom stereocenters. The summed E-state index contributed by atoms with van der Waals surface area (Å²) in [5, 5.41) is 9.96. The van der Waals surface area contributed by atoms with E-state index in [9.17, 15) is 5.11 Å². The molecular weight excluding hydrogens is 194 g/mol. The van der Waals surface area contributed by atoms with Crippen molar-refractivity contribution in [2.24, 2.45) is 0 Å². The summed E-state index contributed by atoms with van der Waals surface area (Å²) in [6, 6.07) is 0. The third kappa shape index (κ3) is 1.55. The predicted octanol–water partition coefficient (Wildman–Crippen LogP) is 0.965. The van der Waals surface area contributed by atoms with Crippen molar-refractivity contribution in [3.63, 3.8) is 0 Å². The summed E-state index contributed by atoms with van der Waals surface area (Å²) in [6.45, 7) is 3.41. The Labute approximate surface area is 87.4 Å². The number of imidazole rings is 1. The first-order chi connectivity index (χ1) is 7.04. The topological polar surface area (TPSA) is 59.7 Å². The Hall–Kier alpha value is -1.62. The van der Waals surface area contributed by atoms with Crippen molar-refractivity contribution in [1.82, 2.24) is 14.4 Å². The van der Waals surface area contributed by atoms with Crippen molar-refractivity contribution in [3.8, 4) is 5.88 Å². The van der Waals surface area contributed by atoms with Crippen LogP contribution in [0.2, 0.25) is 0 Å². The molecule has 0 spiro atoms. The lowest BCUT2D eigenvalue weighted by Crippen LogP contribution is -2.18. The van der Waals surface area contributed by atoms with Crippen LogP contribution in [-0.4, -0.2) is 26.6 Å². The van der Waals surface area contributed by atoms with Crippen molar-refractivity contribution in [2.75, 3.05) is 7.11 Å². The molecule has 5 nitrogen and oxygen atoms in total. The molecule has 15 heavy (non-hydrogen) atoms. The summed E-state index contributed by atoms with van der Waals surface area (Å²) in [5.41, 5.74) is 0.372. The number of methoxy groups -OCH3 is 1. The molecule has 2 heterocycles. The molecule has 0 aromatic carbocycles. The molecule has 2 aromatic rings. The van der Waals surface area contributed by atoms with E-state index in [4.69, 9.17) is 4.74 Å². The Morgan fingerprint density at radius 3 is 2.67 bits per heavy atom. The van der Waals surface area contributed by atoms with Crippen LogP contribution in [0.1, 0.15) is 19.5 Å². The van der Waals surface area contributed by atoms with Crippen molar-refractivity contribution in [1.29, 1.82) is 0 Å². The van der Waals surface area contributed by atoms with Gasteiger partial charge in [-0.15, -0.1) is 0 Å². The molecule has 0 aliphatic heterocycles. The minimum Gasteiger partial charge on any atom is -0.481 e. The lowest BCUT2D eigenvalue weighted by Gasteiger charge is -2.17. The zero-order chi connectivity index (χ0) is 11.1. The highest BCUT2D eigenvalue weighted by atomic mass is 16.5. The Balaban J connectivity index is 2.77. The van der Waals surface area contributed by atoms with E-state index in [-0.39, 0.29) is 0 Å². The number of nitrogens with zero attached hydrogens (tertiary/aromatic N) is 3. The minimum absolute atomic E-state index is 0.558. The van der Waals surface area contributed by atoms with Gasteiger partial charge in [0, 0.05) is 0 Å². The Morgan fingerprint density at radius 2 is 2.07 bits per heavy atom. The van der Waals surface area contributed by atoms with Gasteiger partial charge in [-0.05, 0) is 13.8 Å². The summed E-state index contributed by atoms with van der Waals surface area (Å²) in [5.74, 6) is 0.558. The summed E-state index contributed by atoms with van der Waals surface area (Å²) >= 11 is 0. The average Bonchev–Trinajstić information content (AvgIpc) is 2.59. The molecule has 0 atom stereocenters. The molecule has 1 N–H and O–H groups in total. The van der Waals surface area contributed by atoms with Gasteiger partial charge in [-0.25, -0.2) is 4.98 Å². The van der Waals surface area contributed by atoms with Crippen LogP contribution in [0, 0.1) is 0 Å². The minimum atomic E-state index is -0.964. The maximum atomic E-state index is 9.96. The maximum Gasteiger partial charge on any atom is 0.218 e. The van der Waals surface area contributed by atoms with E-state index < -0.39 is 5.60 Å². The molecule has 0 saturated carbocycles. The molecule has 0 bridgehead atoms. The third-order valence-corrected chi connectivity index (χ3v) is 2.22. The van der Waals surface area contributed by atoms with Gasteiger partial charge in [-0.2, -0.15) is 0 Å². The highest BCUT2D eigenvalue weighted by Gasteiger charge is 2.22. The lowest BCUT2D eigenvalue weighted by molar-refractivity contribution is 0.0722. The van der Waals surface area contributed by atoms with Gasteiger partial charge in [0.05, 0.1) is 31.4 Å². The van der Waals surface area contributed by atoms with Crippen molar-refractivity contribution < 1.29 is 9.84 Å². The SMILES string of the molecule is COc1cncc2ncc(C(C)(C)O)n12. The summed E-state index contributed by atoms with van der Waals surface area (Å²) in [7, 11) is 1.56. The van der Waals surface area contributed by atoms with Crippen LogP contribution in [0.25, 0.3) is 5.65 Å². The Morgan fingerprint density at radius 1 is 1.33 bits per heavy atom. The number of fused-ring (bicyclic) bond motifs is 1. The average molecular weight is 207 g/mol. The molecule has 0 aliphatic rings. The molecule has 0 saturated heterocycles. The number of aromatic nitrogens is 3. The molecule has 0 amide bonds. The van der Waals surface area contributed by atoms with Gasteiger partial charge >= 0.3 is 0 Å². The van der Waals surface area contributed by atoms with Crippen LogP contribution in [-0.2, 0) is 5.60 Å². The van der Waals surface area contributed by atoms with Gasteiger partial charge in [-0.1, -0.05) is 0 Å². The summed E-state index contributed by atoms with van der Waals surface area (Å²) < 4.78 is 6.91. The Kier molecular flexibility index (Phi) is 2.12. The smallest absolute Gasteiger partial charge is 0.218 e. The van der Waals surface area contributed by atoms with E-state index in [1.165, 1.54) is 0 Å². The van der Waals surface area contributed by atoms with E-state index in [2.05, 4.69) is 9.97 Å². The molecule has 2 rings (SSSR count). The van der Waals surface area contributed by atoms with Gasteiger partial charge in [0.25, 0.3) is 0 Å². The molecule has 0 radical (unpaired) electrons. The fourth-order valence-corrected chi connectivity index (χ4v) is 1.49. The van der Waals surface area contributed by atoms with Gasteiger partial charge in [-0.3, -0.25) is 9.38 Å². The van der Waals surface area contributed by atoms with E-state index in [0.717, 1.165) is 0 Å². The van der Waals surface area contributed by atoms with Crippen LogP contribution in [0.3, 0.4) is 0 Å². The summed E-state index contributed by atoms with van der Waals surface area (Å²) in [6.07, 6.45) is 4.83. The first-order valence-corrected chi connectivity index (χ1v) is 4.62. The van der Waals surface area contributed by atoms with E-state index in [0.29, 0.717) is 17.2 Å². The second-order valence-corrected chi connectivity index (χ2v) is 3.85. The standard InChI is InChI=1S/C10H13N3O2/c1-10(2,14)7-4-12-8-5-11-6-9(15-3)13(7)8/h4-6,14H,1-3H3. The molecule has 80 valence electrons. The highest BCUT2D eigenvalue weighted by molar-refractivity contribution is 5.42. The summed E-state index contributed by atoms with van der Waals surface area (Å²) in [4.78, 5) is 8.14. The van der Waals surface area contributed by atoms with Crippen molar-refractivity contribution in [3.05, 3.63) is 24.3 Å². The Bertz CT molecular complexity index is 485. The zero-order valence-corrected chi connectivity index (χ0v) is 8.93. The number of rotatable bonds is 2. The van der Waals surface area contributed by atoms with Crippen molar-refractivity contribution in [2.45, 2.75) is 19.4 Å². The maximum absolute atomic E-state index is 9.96. The lowest BCUT2D eigenvalue weighted by atomic mass is 10.1.